The summed E-state index contributed by atoms with van der Waals surface area (Å²) in [5.74, 6) is 1.11. The quantitative estimate of drug-likeness (QED) is 0.190. The zero-order valence-corrected chi connectivity index (χ0v) is 22.4. The molecule has 0 radical (unpaired) electrons. The van der Waals surface area contributed by atoms with Gasteiger partial charge in [0.1, 0.15) is 5.58 Å². The molecule has 0 aliphatic heterocycles. The number of para-hydroxylation sites is 1. The van der Waals surface area contributed by atoms with Gasteiger partial charge >= 0.3 is 0 Å². The van der Waals surface area contributed by atoms with E-state index in [1.165, 1.54) is 10.9 Å². The fourth-order valence-electron chi connectivity index (χ4n) is 3.69. The molecule has 0 aliphatic carbocycles. The van der Waals surface area contributed by atoms with Crippen LogP contribution in [0.5, 0.6) is 5.75 Å². The SMILES string of the molecule is CC[C@@H](C)Oc1c(Cl)cc(C=Nn2c(-c3cc4cc(Br)ccc4o3)nc3ccccc3c2=O)cc1Cl. The van der Waals surface area contributed by atoms with Gasteiger partial charge < -0.3 is 9.15 Å². The number of fused-ring (bicyclic) bond motifs is 2. The van der Waals surface area contributed by atoms with Gasteiger partial charge in [0.05, 0.1) is 33.3 Å². The average molecular weight is 585 g/mol. The highest BCUT2D eigenvalue weighted by molar-refractivity contribution is 9.10. The highest BCUT2D eigenvalue weighted by atomic mass is 79.9. The molecule has 0 unspecified atom stereocenters. The van der Waals surface area contributed by atoms with Crippen molar-refractivity contribution < 1.29 is 9.15 Å². The van der Waals surface area contributed by atoms with Crippen molar-refractivity contribution in [3.05, 3.63) is 91.1 Å². The second kappa shape index (κ2) is 10.1. The lowest BCUT2D eigenvalue weighted by Crippen LogP contribution is -2.20. The minimum absolute atomic E-state index is 0.0336. The summed E-state index contributed by atoms with van der Waals surface area (Å²) in [6, 6.07) is 18.0. The molecule has 182 valence electrons. The first kappa shape index (κ1) is 24.6. The van der Waals surface area contributed by atoms with Crippen molar-refractivity contribution in [2.75, 3.05) is 0 Å². The molecule has 0 fully saturated rings. The van der Waals surface area contributed by atoms with Crippen molar-refractivity contribution in [2.24, 2.45) is 5.10 Å². The summed E-state index contributed by atoms with van der Waals surface area (Å²) >= 11 is 16.4. The Morgan fingerprint density at radius 2 is 1.89 bits per heavy atom. The molecular weight excluding hydrogens is 565 g/mol. The van der Waals surface area contributed by atoms with Crippen LogP contribution in [0.3, 0.4) is 0 Å². The van der Waals surface area contributed by atoms with Crippen LogP contribution in [0, 0.1) is 0 Å². The van der Waals surface area contributed by atoms with Crippen LogP contribution in [0.1, 0.15) is 25.8 Å². The predicted molar refractivity (Wildman–Crippen MR) is 149 cm³/mol. The molecule has 9 heteroatoms. The number of nitrogens with zero attached hydrogens (tertiary/aromatic N) is 3. The van der Waals surface area contributed by atoms with Crippen molar-refractivity contribution in [3.63, 3.8) is 0 Å². The summed E-state index contributed by atoms with van der Waals surface area (Å²) in [4.78, 5) is 18.1. The van der Waals surface area contributed by atoms with Crippen molar-refractivity contribution in [1.29, 1.82) is 0 Å². The number of aromatic nitrogens is 2. The molecule has 5 aromatic rings. The summed E-state index contributed by atoms with van der Waals surface area (Å²) < 4.78 is 14.0. The molecule has 0 saturated carbocycles. The molecule has 0 N–H and O–H groups in total. The molecule has 3 aromatic carbocycles. The van der Waals surface area contributed by atoms with E-state index < -0.39 is 0 Å². The number of hydrogen-bond donors (Lipinski definition) is 0. The Bertz CT molecular complexity index is 1670. The molecule has 1 atom stereocenters. The van der Waals surface area contributed by atoms with Gasteiger partial charge in [0.25, 0.3) is 5.56 Å². The van der Waals surface area contributed by atoms with Gasteiger partial charge in [-0.1, -0.05) is 58.2 Å². The van der Waals surface area contributed by atoms with Gasteiger partial charge in [-0.05, 0) is 67.4 Å². The summed E-state index contributed by atoms with van der Waals surface area (Å²) in [6.07, 6.45) is 2.29. The molecule has 0 amide bonds. The van der Waals surface area contributed by atoms with E-state index in [0.29, 0.717) is 43.6 Å². The number of rotatable bonds is 6. The molecule has 2 heterocycles. The fourth-order valence-corrected chi connectivity index (χ4v) is 4.66. The Balaban J connectivity index is 1.63. The fraction of sp³-hybridized carbons (Fsp3) is 0.148. The van der Waals surface area contributed by atoms with Gasteiger partial charge in [-0.2, -0.15) is 9.78 Å². The van der Waals surface area contributed by atoms with E-state index in [1.807, 2.05) is 44.2 Å². The maximum absolute atomic E-state index is 13.4. The number of ether oxygens (including phenoxy) is 1. The topological polar surface area (TPSA) is 69.6 Å². The van der Waals surface area contributed by atoms with Gasteiger partial charge in [-0.25, -0.2) is 4.98 Å². The lowest BCUT2D eigenvalue weighted by atomic mass is 10.2. The zero-order chi connectivity index (χ0) is 25.4. The van der Waals surface area contributed by atoms with Crippen LogP contribution in [0.25, 0.3) is 33.5 Å². The maximum Gasteiger partial charge on any atom is 0.282 e. The molecule has 6 nitrogen and oxygen atoms in total. The zero-order valence-electron chi connectivity index (χ0n) is 19.3. The highest BCUT2D eigenvalue weighted by Crippen LogP contribution is 2.35. The van der Waals surface area contributed by atoms with Gasteiger partial charge in [-0.3, -0.25) is 4.79 Å². The third kappa shape index (κ3) is 4.78. The number of hydrogen-bond acceptors (Lipinski definition) is 5. The van der Waals surface area contributed by atoms with Crippen molar-refractivity contribution in [2.45, 2.75) is 26.4 Å². The molecule has 36 heavy (non-hydrogen) atoms. The molecular formula is C27H20BrCl2N3O3. The van der Waals surface area contributed by atoms with E-state index in [1.54, 1.807) is 30.3 Å². The average Bonchev–Trinajstić information content (AvgIpc) is 3.28. The number of halogens is 3. The third-order valence-electron chi connectivity index (χ3n) is 5.69. The molecule has 5 rings (SSSR count). The molecule has 0 bridgehead atoms. The summed E-state index contributed by atoms with van der Waals surface area (Å²) in [7, 11) is 0. The Labute approximate surface area is 225 Å². The maximum atomic E-state index is 13.4. The van der Waals surface area contributed by atoms with Crippen molar-refractivity contribution >= 4 is 67.2 Å². The Morgan fingerprint density at radius 1 is 1.14 bits per heavy atom. The smallest absolute Gasteiger partial charge is 0.282 e. The van der Waals surface area contributed by atoms with Crippen LogP contribution in [-0.2, 0) is 0 Å². The van der Waals surface area contributed by atoms with Gasteiger partial charge in [-0.15, -0.1) is 0 Å². The number of benzene rings is 3. The first-order valence-corrected chi connectivity index (χ1v) is 12.8. The lowest BCUT2D eigenvalue weighted by molar-refractivity contribution is 0.218. The predicted octanol–water partition coefficient (Wildman–Crippen LogP) is 7.94. The first-order chi connectivity index (χ1) is 17.3. The van der Waals surface area contributed by atoms with E-state index in [0.717, 1.165) is 16.3 Å². The second-order valence-corrected chi connectivity index (χ2v) is 9.99. The normalized spacial score (nSPS) is 12.6. The van der Waals surface area contributed by atoms with E-state index >= 15 is 0 Å². The Hall–Kier alpha value is -3.13. The summed E-state index contributed by atoms with van der Waals surface area (Å²) in [5, 5.41) is 6.49. The Morgan fingerprint density at radius 3 is 2.64 bits per heavy atom. The number of furan rings is 1. The van der Waals surface area contributed by atoms with Crippen LogP contribution >= 0.6 is 39.1 Å². The van der Waals surface area contributed by atoms with Crippen LogP contribution in [0.4, 0.5) is 0 Å². The van der Waals surface area contributed by atoms with Gasteiger partial charge in [0, 0.05) is 9.86 Å². The van der Waals surface area contributed by atoms with Gasteiger partial charge in [0.2, 0.25) is 5.82 Å². The van der Waals surface area contributed by atoms with Crippen molar-refractivity contribution in [1.82, 2.24) is 9.66 Å². The highest BCUT2D eigenvalue weighted by Gasteiger charge is 2.17. The van der Waals surface area contributed by atoms with E-state index in [-0.39, 0.29) is 17.5 Å². The van der Waals surface area contributed by atoms with Crippen LogP contribution in [0.2, 0.25) is 10.0 Å². The molecule has 0 spiro atoms. The molecule has 0 saturated heterocycles. The lowest BCUT2D eigenvalue weighted by Gasteiger charge is -2.15. The monoisotopic (exact) mass is 583 g/mol. The minimum atomic E-state index is -0.331. The minimum Gasteiger partial charge on any atom is -0.488 e. The van der Waals surface area contributed by atoms with Gasteiger partial charge in [0.15, 0.2) is 11.5 Å². The second-order valence-electron chi connectivity index (χ2n) is 8.26. The third-order valence-corrected chi connectivity index (χ3v) is 6.74. The van der Waals surface area contributed by atoms with Crippen LogP contribution in [0.15, 0.2) is 79.4 Å². The van der Waals surface area contributed by atoms with Crippen LogP contribution in [-0.4, -0.2) is 22.0 Å². The molecule has 0 aliphatic rings. The summed E-state index contributed by atoms with van der Waals surface area (Å²) in [6.45, 7) is 3.96. The van der Waals surface area contributed by atoms with Crippen LogP contribution < -0.4 is 10.3 Å². The van der Waals surface area contributed by atoms with E-state index in [4.69, 9.17) is 37.3 Å². The molecule has 2 aromatic heterocycles. The van der Waals surface area contributed by atoms with E-state index in [9.17, 15) is 4.79 Å². The first-order valence-electron chi connectivity index (χ1n) is 11.3. The van der Waals surface area contributed by atoms with E-state index in [2.05, 4.69) is 21.0 Å². The Kier molecular flexibility index (Phi) is 6.88. The van der Waals surface area contributed by atoms with Crippen molar-refractivity contribution in [3.8, 4) is 17.3 Å². The summed E-state index contributed by atoms with van der Waals surface area (Å²) in [5.41, 5.74) is 1.48. The standard InChI is InChI=1S/C27H20BrCl2N3O3/c1-3-15(2)35-25-20(29)10-16(11-21(25)30)14-31-33-26(32-22-7-5-4-6-19(22)27(33)34)24-13-17-12-18(28)8-9-23(17)36-24/h4-15H,3H2,1-2H3/t15-/m1/s1. The largest absolute Gasteiger partial charge is 0.488 e.